The van der Waals surface area contributed by atoms with Crippen molar-refractivity contribution in [1.29, 1.82) is 0 Å². The molecule has 5 nitrogen and oxygen atoms in total. The highest BCUT2D eigenvalue weighted by molar-refractivity contribution is 6.05. The quantitative estimate of drug-likeness (QED) is 0.656. The van der Waals surface area contributed by atoms with E-state index in [4.69, 9.17) is 14.2 Å². The Morgan fingerprint density at radius 1 is 0.846 bits per heavy atom. The fourth-order valence-corrected chi connectivity index (χ4v) is 2.35. The third kappa shape index (κ3) is 5.41. The number of carbonyl (C=O) groups excluding carboxylic acids is 1. The molecule has 0 aromatic heterocycles. The summed E-state index contributed by atoms with van der Waals surface area (Å²) in [5.74, 6) is 1.67. The van der Waals surface area contributed by atoms with Gasteiger partial charge in [-0.1, -0.05) is 26.0 Å². The maximum Gasteiger partial charge on any atom is 0.255 e. The molecule has 0 bridgehead atoms. The number of anilines is 1. The van der Waals surface area contributed by atoms with Crippen LogP contribution in [0.5, 0.6) is 17.2 Å². The van der Waals surface area contributed by atoms with Gasteiger partial charge < -0.3 is 19.5 Å². The molecule has 0 heterocycles. The zero-order chi connectivity index (χ0) is 18.8. The van der Waals surface area contributed by atoms with Crippen LogP contribution in [0.4, 0.5) is 5.69 Å². The van der Waals surface area contributed by atoms with Gasteiger partial charge in [0.05, 0.1) is 25.5 Å². The van der Waals surface area contributed by atoms with Gasteiger partial charge in [-0.05, 0) is 50.1 Å². The molecule has 0 saturated carbocycles. The highest BCUT2D eigenvalue weighted by Gasteiger charge is 2.14. The topological polar surface area (TPSA) is 56.8 Å². The minimum atomic E-state index is -0.222. The molecule has 26 heavy (non-hydrogen) atoms. The lowest BCUT2D eigenvalue weighted by molar-refractivity contribution is 0.102. The maximum atomic E-state index is 12.7. The van der Waals surface area contributed by atoms with Gasteiger partial charge >= 0.3 is 0 Å². The van der Waals surface area contributed by atoms with Gasteiger partial charge in [-0.15, -0.1) is 0 Å². The summed E-state index contributed by atoms with van der Waals surface area (Å²) in [6, 6.07) is 12.6. The number of hydrogen-bond donors (Lipinski definition) is 1. The van der Waals surface area contributed by atoms with Gasteiger partial charge in [-0.2, -0.15) is 0 Å². The summed E-state index contributed by atoms with van der Waals surface area (Å²) in [6.45, 7) is 7.70. The Morgan fingerprint density at radius 2 is 1.54 bits per heavy atom. The first-order valence-electron chi connectivity index (χ1n) is 9.12. The molecule has 2 aromatic rings. The van der Waals surface area contributed by atoms with Crippen LogP contribution < -0.4 is 19.5 Å². The lowest BCUT2D eigenvalue weighted by atomic mass is 10.1. The number of rotatable bonds is 10. The van der Waals surface area contributed by atoms with Crippen LogP contribution >= 0.6 is 0 Å². The lowest BCUT2D eigenvalue weighted by Gasteiger charge is -2.14. The molecule has 0 aliphatic carbocycles. The van der Waals surface area contributed by atoms with Crippen LogP contribution in [-0.2, 0) is 0 Å². The molecule has 140 valence electrons. The number of carbonyl (C=O) groups is 1. The molecule has 0 spiro atoms. The average Bonchev–Trinajstić information content (AvgIpc) is 2.66. The van der Waals surface area contributed by atoms with Crippen molar-refractivity contribution in [2.45, 2.75) is 33.6 Å². The summed E-state index contributed by atoms with van der Waals surface area (Å²) in [6.07, 6.45) is 1.79. The van der Waals surface area contributed by atoms with Crippen molar-refractivity contribution in [3.05, 3.63) is 48.0 Å². The molecule has 2 aromatic carbocycles. The molecule has 0 aliphatic heterocycles. The first kappa shape index (κ1) is 19.6. The average molecular weight is 357 g/mol. The van der Waals surface area contributed by atoms with E-state index in [0.717, 1.165) is 12.8 Å². The molecule has 5 heteroatoms. The molecule has 0 saturated heterocycles. The first-order valence-corrected chi connectivity index (χ1v) is 9.12. The number of para-hydroxylation sites is 2. The summed E-state index contributed by atoms with van der Waals surface area (Å²) in [5.41, 5.74) is 1.15. The molecule has 2 rings (SSSR count). The second-order valence-electron chi connectivity index (χ2n) is 5.74. The fourth-order valence-electron chi connectivity index (χ4n) is 2.35. The molecule has 1 N–H and O–H groups in total. The van der Waals surface area contributed by atoms with Gasteiger partial charge in [0.15, 0.2) is 11.5 Å². The van der Waals surface area contributed by atoms with Gasteiger partial charge in [0, 0.05) is 5.56 Å². The molecule has 0 aliphatic rings. The van der Waals surface area contributed by atoms with E-state index in [9.17, 15) is 4.79 Å². The number of nitrogens with one attached hydrogen (secondary N) is 1. The van der Waals surface area contributed by atoms with Crippen LogP contribution in [0.15, 0.2) is 42.5 Å². The van der Waals surface area contributed by atoms with Crippen LogP contribution in [0.1, 0.15) is 44.0 Å². The Balaban J connectivity index is 2.20. The van der Waals surface area contributed by atoms with E-state index in [1.807, 2.05) is 45.0 Å². The van der Waals surface area contributed by atoms with Crippen molar-refractivity contribution in [1.82, 2.24) is 0 Å². The van der Waals surface area contributed by atoms with Crippen molar-refractivity contribution in [2.75, 3.05) is 25.1 Å². The molecule has 0 radical (unpaired) electrons. The number of amides is 1. The van der Waals surface area contributed by atoms with Crippen LogP contribution in [0.2, 0.25) is 0 Å². The van der Waals surface area contributed by atoms with Gasteiger partial charge in [0.2, 0.25) is 0 Å². The number of benzene rings is 2. The summed E-state index contributed by atoms with van der Waals surface area (Å²) < 4.78 is 17.0. The minimum Gasteiger partial charge on any atom is -0.492 e. The van der Waals surface area contributed by atoms with Crippen molar-refractivity contribution in [3.8, 4) is 17.2 Å². The second-order valence-corrected chi connectivity index (χ2v) is 5.74. The van der Waals surface area contributed by atoms with E-state index in [-0.39, 0.29) is 5.91 Å². The zero-order valence-electron chi connectivity index (χ0n) is 15.7. The Morgan fingerprint density at radius 3 is 2.23 bits per heavy atom. The van der Waals surface area contributed by atoms with Gasteiger partial charge in [0.1, 0.15) is 5.75 Å². The summed E-state index contributed by atoms with van der Waals surface area (Å²) in [4.78, 5) is 12.7. The third-order valence-corrected chi connectivity index (χ3v) is 3.56. The lowest BCUT2D eigenvalue weighted by Crippen LogP contribution is -2.13. The SMILES string of the molecule is CCCOc1ccc(C(=O)Nc2ccccc2OCC)cc1OCCC. The van der Waals surface area contributed by atoms with Crippen LogP contribution in [-0.4, -0.2) is 25.7 Å². The van der Waals surface area contributed by atoms with Gasteiger partial charge in [-0.3, -0.25) is 4.79 Å². The maximum absolute atomic E-state index is 12.7. The molecular formula is C21H27NO4. The summed E-state index contributed by atoms with van der Waals surface area (Å²) >= 11 is 0. The Labute approximate surface area is 155 Å². The van der Waals surface area contributed by atoms with E-state index in [2.05, 4.69) is 5.32 Å². The molecular weight excluding hydrogens is 330 g/mol. The highest BCUT2D eigenvalue weighted by atomic mass is 16.5. The zero-order valence-corrected chi connectivity index (χ0v) is 15.7. The third-order valence-electron chi connectivity index (χ3n) is 3.56. The normalized spacial score (nSPS) is 10.3. The standard InChI is InChI=1S/C21H27NO4/c1-4-13-25-19-12-11-16(15-20(19)26-14-5-2)21(23)22-17-9-7-8-10-18(17)24-6-3/h7-12,15H,4-6,13-14H2,1-3H3,(H,22,23). The summed E-state index contributed by atoms with van der Waals surface area (Å²) in [5, 5.41) is 2.90. The van der Waals surface area contributed by atoms with Crippen molar-refractivity contribution < 1.29 is 19.0 Å². The minimum absolute atomic E-state index is 0.222. The second kappa shape index (κ2) is 10.3. The molecule has 0 fully saturated rings. The van der Waals surface area contributed by atoms with Crippen LogP contribution in [0.3, 0.4) is 0 Å². The van der Waals surface area contributed by atoms with Crippen molar-refractivity contribution >= 4 is 11.6 Å². The van der Waals surface area contributed by atoms with E-state index in [1.54, 1.807) is 18.2 Å². The predicted molar refractivity (Wildman–Crippen MR) is 104 cm³/mol. The van der Waals surface area contributed by atoms with Crippen molar-refractivity contribution in [3.63, 3.8) is 0 Å². The largest absolute Gasteiger partial charge is 0.492 e. The fraction of sp³-hybridized carbons (Fsp3) is 0.381. The first-order chi connectivity index (χ1) is 12.7. The highest BCUT2D eigenvalue weighted by Crippen LogP contribution is 2.30. The van der Waals surface area contributed by atoms with E-state index in [0.29, 0.717) is 48.3 Å². The van der Waals surface area contributed by atoms with Gasteiger partial charge in [0.25, 0.3) is 5.91 Å². The molecule has 0 unspecified atom stereocenters. The number of ether oxygens (including phenoxy) is 3. The monoisotopic (exact) mass is 357 g/mol. The van der Waals surface area contributed by atoms with Crippen LogP contribution in [0.25, 0.3) is 0 Å². The summed E-state index contributed by atoms with van der Waals surface area (Å²) in [7, 11) is 0. The Kier molecular flexibility index (Phi) is 7.80. The molecule has 1 amide bonds. The smallest absolute Gasteiger partial charge is 0.255 e. The number of hydrogen-bond acceptors (Lipinski definition) is 4. The van der Waals surface area contributed by atoms with E-state index in [1.165, 1.54) is 0 Å². The van der Waals surface area contributed by atoms with Crippen molar-refractivity contribution in [2.24, 2.45) is 0 Å². The van der Waals surface area contributed by atoms with E-state index >= 15 is 0 Å². The Hall–Kier alpha value is -2.69. The van der Waals surface area contributed by atoms with Crippen LogP contribution in [0, 0.1) is 0 Å². The predicted octanol–water partition coefficient (Wildman–Crippen LogP) is 4.92. The van der Waals surface area contributed by atoms with Gasteiger partial charge in [-0.25, -0.2) is 0 Å². The molecule has 0 atom stereocenters. The Bertz CT molecular complexity index is 715. The van der Waals surface area contributed by atoms with E-state index < -0.39 is 0 Å².